The number of aryl methyl sites for hydroxylation is 1. The normalized spacial score (nSPS) is 10.7. The number of nitrogens with zero attached hydrogens (tertiary/aromatic N) is 2. The molecule has 1 amide bonds. The maximum atomic E-state index is 11.8. The average Bonchev–Trinajstić information content (AvgIpc) is 2.67. The molecule has 0 fully saturated rings. The van der Waals surface area contributed by atoms with E-state index in [-0.39, 0.29) is 36.4 Å². The molecule has 0 radical (unpaired) electrons. The molecule has 0 aromatic heterocycles. The Morgan fingerprint density at radius 3 is 2.11 bits per heavy atom. The smallest absolute Gasteiger partial charge is 0.241 e. The summed E-state index contributed by atoms with van der Waals surface area (Å²) >= 11 is 0. The van der Waals surface area contributed by atoms with Crippen LogP contribution in [0.1, 0.15) is 17.5 Å². The number of guanidine groups is 1. The van der Waals surface area contributed by atoms with Gasteiger partial charge in [0.05, 0.1) is 13.1 Å². The summed E-state index contributed by atoms with van der Waals surface area (Å²) < 4.78 is 0. The summed E-state index contributed by atoms with van der Waals surface area (Å²) in [6.45, 7) is 1.60. The Kier molecular flexibility index (Phi) is 11.2. The third-order valence-electron chi connectivity index (χ3n) is 3.95. The quantitative estimate of drug-likeness (QED) is 0.264. The Hall–Kier alpha value is -2.09. The highest BCUT2D eigenvalue weighted by atomic mass is 127. The number of amides is 1. The second-order valence-corrected chi connectivity index (χ2v) is 6.31. The predicted molar refractivity (Wildman–Crippen MR) is 122 cm³/mol. The molecule has 0 spiro atoms. The van der Waals surface area contributed by atoms with E-state index in [9.17, 15) is 4.79 Å². The van der Waals surface area contributed by atoms with Gasteiger partial charge in [-0.1, -0.05) is 60.7 Å². The van der Waals surface area contributed by atoms with Gasteiger partial charge < -0.3 is 15.5 Å². The van der Waals surface area contributed by atoms with E-state index in [2.05, 4.69) is 39.9 Å². The molecule has 0 aliphatic carbocycles. The second kappa shape index (κ2) is 13.1. The summed E-state index contributed by atoms with van der Waals surface area (Å²) in [4.78, 5) is 18.0. The zero-order valence-electron chi connectivity index (χ0n) is 16.0. The van der Waals surface area contributed by atoms with Gasteiger partial charge in [0, 0.05) is 20.6 Å². The van der Waals surface area contributed by atoms with E-state index in [0.29, 0.717) is 12.5 Å². The van der Waals surface area contributed by atoms with Crippen LogP contribution in [0, 0.1) is 0 Å². The highest BCUT2D eigenvalue weighted by molar-refractivity contribution is 14.0. The predicted octanol–water partition coefficient (Wildman–Crippen LogP) is 3.06. The molecule has 2 N–H and O–H groups in total. The lowest BCUT2D eigenvalue weighted by molar-refractivity contribution is -0.127. The molecule has 6 heteroatoms. The second-order valence-electron chi connectivity index (χ2n) is 6.31. The monoisotopic (exact) mass is 480 g/mol. The lowest BCUT2D eigenvalue weighted by atomic mass is 10.1. The summed E-state index contributed by atoms with van der Waals surface area (Å²) in [7, 11) is 3.50. The van der Waals surface area contributed by atoms with E-state index in [1.807, 2.05) is 36.4 Å². The van der Waals surface area contributed by atoms with Crippen molar-refractivity contribution in [1.29, 1.82) is 0 Å². The highest BCUT2D eigenvalue weighted by Gasteiger charge is 2.05. The number of benzene rings is 2. The standard InChI is InChI=1S/C21H28N4O.HI/c1-25(2)20(26)17-24-21(23-16-19-12-7-4-8-13-19)22-15-9-14-18-10-5-3-6-11-18;/h3-8,10-13H,9,14-17H2,1-2H3,(H2,22,23,24);1H. The molecule has 146 valence electrons. The van der Waals surface area contributed by atoms with Gasteiger partial charge in [0.25, 0.3) is 0 Å². The van der Waals surface area contributed by atoms with E-state index in [4.69, 9.17) is 0 Å². The summed E-state index contributed by atoms with van der Waals surface area (Å²) in [6.07, 6.45) is 2.01. The fraction of sp³-hybridized carbons (Fsp3) is 0.333. The molecule has 0 bridgehead atoms. The molecule has 0 saturated heterocycles. The van der Waals surface area contributed by atoms with Crippen molar-refractivity contribution in [2.45, 2.75) is 19.4 Å². The van der Waals surface area contributed by atoms with Crippen LogP contribution in [0.2, 0.25) is 0 Å². The molecule has 0 aliphatic rings. The summed E-state index contributed by atoms with van der Waals surface area (Å²) in [6, 6.07) is 20.5. The number of carbonyl (C=O) groups is 1. The molecule has 2 rings (SSSR count). The molecule has 2 aromatic carbocycles. The van der Waals surface area contributed by atoms with Gasteiger partial charge in [0.2, 0.25) is 5.91 Å². The number of likely N-dealkylation sites (N-methyl/N-ethyl adjacent to an activating group) is 1. The van der Waals surface area contributed by atoms with Crippen molar-refractivity contribution in [2.24, 2.45) is 4.99 Å². The zero-order valence-corrected chi connectivity index (χ0v) is 18.4. The highest BCUT2D eigenvalue weighted by Crippen LogP contribution is 2.02. The first-order valence-corrected chi connectivity index (χ1v) is 8.95. The van der Waals surface area contributed by atoms with Crippen molar-refractivity contribution >= 4 is 35.8 Å². The Bertz CT molecular complexity index is 690. The SMILES string of the molecule is CN(C)C(=O)CNC(=NCc1ccccc1)NCCCc1ccccc1.I. The van der Waals surface area contributed by atoms with Gasteiger partial charge in [0.15, 0.2) is 5.96 Å². The summed E-state index contributed by atoms with van der Waals surface area (Å²) in [5.41, 5.74) is 2.46. The number of nitrogens with one attached hydrogen (secondary N) is 2. The molecule has 2 aromatic rings. The number of aliphatic imine (C=N–C) groups is 1. The third kappa shape index (κ3) is 9.42. The molecule has 0 aliphatic heterocycles. The van der Waals surface area contributed by atoms with E-state index in [1.54, 1.807) is 19.0 Å². The van der Waals surface area contributed by atoms with E-state index in [1.165, 1.54) is 5.56 Å². The van der Waals surface area contributed by atoms with Crippen molar-refractivity contribution in [1.82, 2.24) is 15.5 Å². The first kappa shape index (κ1) is 23.0. The van der Waals surface area contributed by atoms with Gasteiger partial charge in [-0.3, -0.25) is 4.79 Å². The molecule has 0 unspecified atom stereocenters. The maximum Gasteiger partial charge on any atom is 0.241 e. The van der Waals surface area contributed by atoms with Crippen LogP contribution in [0.5, 0.6) is 0 Å². The molecule has 0 atom stereocenters. The van der Waals surface area contributed by atoms with Crippen molar-refractivity contribution in [3.8, 4) is 0 Å². The summed E-state index contributed by atoms with van der Waals surface area (Å²) in [5, 5.41) is 6.44. The minimum Gasteiger partial charge on any atom is -0.356 e. The molecule has 0 saturated carbocycles. The van der Waals surface area contributed by atoms with Crippen molar-refractivity contribution in [3.05, 3.63) is 71.8 Å². The first-order valence-electron chi connectivity index (χ1n) is 8.95. The summed E-state index contributed by atoms with van der Waals surface area (Å²) in [5.74, 6) is 0.681. The third-order valence-corrected chi connectivity index (χ3v) is 3.95. The number of hydrogen-bond donors (Lipinski definition) is 2. The Balaban J connectivity index is 0.00000364. The molecular formula is C21H29IN4O. The van der Waals surface area contributed by atoms with Gasteiger partial charge in [-0.2, -0.15) is 0 Å². The molecular weight excluding hydrogens is 451 g/mol. The Morgan fingerprint density at radius 2 is 1.52 bits per heavy atom. The lowest BCUT2D eigenvalue weighted by Crippen LogP contribution is -2.43. The average molecular weight is 480 g/mol. The Morgan fingerprint density at radius 1 is 0.926 bits per heavy atom. The number of rotatable bonds is 8. The Labute approximate surface area is 179 Å². The van der Waals surface area contributed by atoms with Gasteiger partial charge in [0.1, 0.15) is 0 Å². The van der Waals surface area contributed by atoms with E-state index < -0.39 is 0 Å². The first-order chi connectivity index (χ1) is 12.6. The van der Waals surface area contributed by atoms with Gasteiger partial charge in [-0.05, 0) is 24.0 Å². The molecule has 0 heterocycles. The van der Waals surface area contributed by atoms with Crippen LogP contribution in [0.15, 0.2) is 65.7 Å². The molecule has 5 nitrogen and oxygen atoms in total. The lowest BCUT2D eigenvalue weighted by Gasteiger charge is -2.15. The topological polar surface area (TPSA) is 56.7 Å². The number of hydrogen-bond acceptors (Lipinski definition) is 2. The maximum absolute atomic E-state index is 11.8. The largest absolute Gasteiger partial charge is 0.356 e. The minimum atomic E-state index is 0. The fourth-order valence-corrected chi connectivity index (χ4v) is 2.39. The number of carbonyl (C=O) groups excluding carboxylic acids is 1. The fourth-order valence-electron chi connectivity index (χ4n) is 2.39. The van der Waals surface area contributed by atoms with Crippen LogP contribution >= 0.6 is 24.0 Å². The van der Waals surface area contributed by atoms with Crippen molar-refractivity contribution < 1.29 is 4.79 Å². The molecule has 27 heavy (non-hydrogen) atoms. The van der Waals surface area contributed by atoms with E-state index in [0.717, 1.165) is 24.9 Å². The van der Waals surface area contributed by atoms with Crippen LogP contribution < -0.4 is 10.6 Å². The van der Waals surface area contributed by atoms with Gasteiger partial charge in [-0.25, -0.2) is 4.99 Å². The zero-order chi connectivity index (χ0) is 18.6. The van der Waals surface area contributed by atoms with Crippen LogP contribution in [-0.4, -0.2) is 44.0 Å². The van der Waals surface area contributed by atoms with Crippen molar-refractivity contribution in [3.63, 3.8) is 0 Å². The van der Waals surface area contributed by atoms with E-state index >= 15 is 0 Å². The van der Waals surface area contributed by atoms with Gasteiger partial charge >= 0.3 is 0 Å². The van der Waals surface area contributed by atoms with Crippen LogP contribution in [0.3, 0.4) is 0 Å². The van der Waals surface area contributed by atoms with Crippen LogP contribution in [0.4, 0.5) is 0 Å². The number of halogens is 1. The van der Waals surface area contributed by atoms with Gasteiger partial charge in [-0.15, -0.1) is 24.0 Å². The van der Waals surface area contributed by atoms with Crippen LogP contribution in [-0.2, 0) is 17.8 Å². The minimum absolute atomic E-state index is 0. The van der Waals surface area contributed by atoms with Crippen molar-refractivity contribution in [2.75, 3.05) is 27.2 Å². The van der Waals surface area contributed by atoms with Crippen LogP contribution in [0.25, 0.3) is 0 Å².